The molecule has 1 saturated carbocycles. The molecule has 20 heavy (non-hydrogen) atoms. The van der Waals surface area contributed by atoms with Crippen molar-refractivity contribution >= 4 is 5.97 Å². The van der Waals surface area contributed by atoms with E-state index in [1.807, 2.05) is 0 Å². The van der Waals surface area contributed by atoms with Gasteiger partial charge in [-0.2, -0.15) is 4.89 Å². The lowest BCUT2D eigenvalue weighted by molar-refractivity contribution is -0.247. The van der Waals surface area contributed by atoms with Crippen molar-refractivity contribution in [1.82, 2.24) is 0 Å². The molecule has 4 nitrogen and oxygen atoms in total. The molecular weight excluding hydrogens is 256 g/mol. The van der Waals surface area contributed by atoms with E-state index in [0.717, 1.165) is 31.8 Å². The third-order valence-corrected chi connectivity index (χ3v) is 3.73. The zero-order valence-electron chi connectivity index (χ0n) is 12.1. The molecule has 0 amide bonds. The van der Waals surface area contributed by atoms with Gasteiger partial charge in [-0.25, -0.2) is 4.79 Å². The fourth-order valence-corrected chi connectivity index (χ4v) is 2.55. The van der Waals surface area contributed by atoms with Crippen molar-refractivity contribution in [2.45, 2.75) is 39.0 Å². The highest BCUT2D eigenvalue weighted by atomic mass is 17.2. The van der Waals surface area contributed by atoms with Crippen LogP contribution in [-0.4, -0.2) is 13.1 Å². The zero-order chi connectivity index (χ0) is 14.4. The number of methoxy groups -OCH3 is 1. The first-order valence-corrected chi connectivity index (χ1v) is 7.13. The van der Waals surface area contributed by atoms with Crippen LogP contribution in [-0.2, 0) is 9.78 Å². The molecule has 4 heteroatoms. The Morgan fingerprint density at radius 1 is 1.30 bits per heavy atom. The van der Waals surface area contributed by atoms with Crippen LogP contribution in [0.3, 0.4) is 0 Å². The standard InChI is InChI=1S/C16H21O4/c1-3-12-8-4-6-10-14(12)19-20-16(17)13-9-5-7-11-15(13)18-2/h5,7,9,11-12H,3-4,6,8,10H2,1-2H3. The molecule has 109 valence electrons. The average molecular weight is 277 g/mol. The summed E-state index contributed by atoms with van der Waals surface area (Å²) in [6.45, 7) is 2.13. The number of hydrogen-bond acceptors (Lipinski definition) is 4. The summed E-state index contributed by atoms with van der Waals surface area (Å²) in [5, 5.41) is 0. The van der Waals surface area contributed by atoms with Crippen LogP contribution in [0.4, 0.5) is 0 Å². The number of rotatable bonds is 5. The SMILES string of the molecule is CCC1CCCC[C]1OOC(=O)c1ccccc1OC. The van der Waals surface area contributed by atoms with Crippen molar-refractivity contribution in [1.29, 1.82) is 0 Å². The van der Waals surface area contributed by atoms with Gasteiger partial charge in [0.05, 0.1) is 7.11 Å². The molecule has 0 aromatic heterocycles. The maximum atomic E-state index is 12.0. The summed E-state index contributed by atoms with van der Waals surface area (Å²) in [6.07, 6.45) is 6.20. The van der Waals surface area contributed by atoms with Crippen molar-refractivity contribution in [3.63, 3.8) is 0 Å². The van der Waals surface area contributed by atoms with Crippen molar-refractivity contribution in [2.75, 3.05) is 7.11 Å². The van der Waals surface area contributed by atoms with E-state index in [4.69, 9.17) is 14.5 Å². The Kier molecular flexibility index (Phi) is 5.41. The van der Waals surface area contributed by atoms with Crippen LogP contribution >= 0.6 is 0 Å². The molecule has 2 rings (SSSR count). The molecule has 0 spiro atoms. The highest BCUT2D eigenvalue weighted by Gasteiger charge is 2.28. The predicted molar refractivity (Wildman–Crippen MR) is 75.0 cm³/mol. The van der Waals surface area contributed by atoms with E-state index in [2.05, 4.69) is 6.92 Å². The normalized spacial score (nSPS) is 19.6. The second kappa shape index (κ2) is 7.29. The Morgan fingerprint density at radius 3 is 2.85 bits per heavy atom. The van der Waals surface area contributed by atoms with Crippen LogP contribution < -0.4 is 4.74 Å². The van der Waals surface area contributed by atoms with Gasteiger partial charge in [0.25, 0.3) is 0 Å². The number of carbonyl (C=O) groups is 1. The molecule has 1 fully saturated rings. The van der Waals surface area contributed by atoms with Crippen molar-refractivity contribution in [2.24, 2.45) is 5.92 Å². The first-order valence-electron chi connectivity index (χ1n) is 7.13. The Labute approximate surface area is 120 Å². The number of carbonyl (C=O) groups excluding carboxylic acids is 1. The second-order valence-electron chi connectivity index (χ2n) is 4.97. The largest absolute Gasteiger partial charge is 0.496 e. The lowest BCUT2D eigenvalue weighted by Gasteiger charge is -2.27. The quantitative estimate of drug-likeness (QED) is 0.604. The molecule has 1 unspecified atom stereocenters. The van der Waals surface area contributed by atoms with Gasteiger partial charge < -0.3 is 4.74 Å². The molecule has 0 saturated heterocycles. The maximum absolute atomic E-state index is 12.0. The molecule has 0 heterocycles. The maximum Gasteiger partial charge on any atom is 0.376 e. The monoisotopic (exact) mass is 277 g/mol. The lowest BCUT2D eigenvalue weighted by Crippen LogP contribution is -2.21. The van der Waals surface area contributed by atoms with E-state index in [0.29, 0.717) is 17.2 Å². The molecule has 0 aliphatic heterocycles. The summed E-state index contributed by atoms with van der Waals surface area (Å²) in [5.41, 5.74) is 0.374. The van der Waals surface area contributed by atoms with Crippen molar-refractivity contribution in [3.8, 4) is 5.75 Å². The third-order valence-electron chi connectivity index (χ3n) is 3.73. The minimum Gasteiger partial charge on any atom is -0.496 e. The van der Waals surface area contributed by atoms with Crippen LogP contribution in [0.2, 0.25) is 0 Å². The summed E-state index contributed by atoms with van der Waals surface area (Å²) < 4.78 is 5.14. The Hall–Kier alpha value is -1.55. The molecular formula is C16H21O4. The first kappa shape index (κ1) is 14.9. The summed E-state index contributed by atoms with van der Waals surface area (Å²) in [6, 6.07) is 6.95. The molecule has 1 aromatic rings. The summed E-state index contributed by atoms with van der Waals surface area (Å²) in [5.74, 6) is 0.367. The number of benzene rings is 1. The highest BCUT2D eigenvalue weighted by Crippen LogP contribution is 2.35. The van der Waals surface area contributed by atoms with Crippen molar-refractivity contribution < 1.29 is 19.3 Å². The molecule has 1 radical (unpaired) electrons. The minimum absolute atomic E-state index is 0.374. The minimum atomic E-state index is -0.518. The first-order chi connectivity index (χ1) is 9.76. The lowest BCUT2D eigenvalue weighted by atomic mass is 9.85. The molecule has 0 bridgehead atoms. The summed E-state index contributed by atoms with van der Waals surface area (Å²) in [4.78, 5) is 22.3. The Morgan fingerprint density at radius 2 is 2.10 bits per heavy atom. The fourth-order valence-electron chi connectivity index (χ4n) is 2.55. The van der Waals surface area contributed by atoms with Crippen LogP contribution in [0.5, 0.6) is 5.75 Å². The molecule has 1 aliphatic rings. The number of para-hydroxylation sites is 1. The van der Waals surface area contributed by atoms with Gasteiger partial charge >= 0.3 is 5.97 Å². The van der Waals surface area contributed by atoms with Gasteiger partial charge in [0.2, 0.25) is 0 Å². The topological polar surface area (TPSA) is 44.8 Å². The van der Waals surface area contributed by atoms with Crippen LogP contribution in [0.15, 0.2) is 24.3 Å². The molecule has 1 atom stereocenters. The van der Waals surface area contributed by atoms with Gasteiger partial charge in [-0.05, 0) is 30.9 Å². The van der Waals surface area contributed by atoms with E-state index in [1.54, 1.807) is 24.3 Å². The predicted octanol–water partition coefficient (Wildman–Crippen LogP) is 3.92. The summed E-state index contributed by atoms with van der Waals surface area (Å²) in [7, 11) is 1.52. The highest BCUT2D eigenvalue weighted by molar-refractivity contribution is 5.92. The Balaban J connectivity index is 1.94. The Bertz CT molecular complexity index is 444. The van der Waals surface area contributed by atoms with E-state index in [1.165, 1.54) is 13.5 Å². The average Bonchev–Trinajstić information content (AvgIpc) is 2.52. The number of hydrogen-bond donors (Lipinski definition) is 0. The molecule has 1 aromatic carbocycles. The number of ether oxygens (including phenoxy) is 1. The third kappa shape index (κ3) is 3.51. The van der Waals surface area contributed by atoms with Crippen molar-refractivity contribution in [3.05, 3.63) is 35.9 Å². The van der Waals surface area contributed by atoms with Crippen LogP contribution in [0.25, 0.3) is 0 Å². The second-order valence-corrected chi connectivity index (χ2v) is 4.97. The van der Waals surface area contributed by atoms with E-state index < -0.39 is 5.97 Å². The van der Waals surface area contributed by atoms with Gasteiger partial charge in [0.15, 0.2) is 6.10 Å². The van der Waals surface area contributed by atoms with Gasteiger partial charge in [-0.3, -0.25) is 4.89 Å². The van der Waals surface area contributed by atoms with E-state index in [9.17, 15) is 4.79 Å². The molecule has 0 N–H and O–H groups in total. The smallest absolute Gasteiger partial charge is 0.376 e. The summed E-state index contributed by atoms with van der Waals surface area (Å²) >= 11 is 0. The van der Waals surface area contributed by atoms with Crippen LogP contribution in [0.1, 0.15) is 49.4 Å². The van der Waals surface area contributed by atoms with Crippen LogP contribution in [0, 0.1) is 12.0 Å². The van der Waals surface area contributed by atoms with Gasteiger partial charge in [0.1, 0.15) is 11.3 Å². The van der Waals surface area contributed by atoms with Gasteiger partial charge in [-0.1, -0.05) is 38.3 Å². The van der Waals surface area contributed by atoms with Gasteiger partial charge in [-0.15, -0.1) is 0 Å². The zero-order valence-corrected chi connectivity index (χ0v) is 12.1. The molecule has 1 aliphatic carbocycles. The fraction of sp³-hybridized carbons (Fsp3) is 0.500. The van der Waals surface area contributed by atoms with E-state index in [-0.39, 0.29) is 0 Å². The van der Waals surface area contributed by atoms with Gasteiger partial charge in [0, 0.05) is 0 Å². The van der Waals surface area contributed by atoms with E-state index >= 15 is 0 Å².